The van der Waals surface area contributed by atoms with Crippen LogP contribution in [0.25, 0.3) is 55.3 Å². The second-order valence-electron chi connectivity index (χ2n) is 17.6. The normalized spacial score (nSPS) is 12.6. The van der Waals surface area contributed by atoms with Gasteiger partial charge in [-0.2, -0.15) is 0 Å². The fourth-order valence-corrected chi connectivity index (χ4v) is 11.2. The van der Waals surface area contributed by atoms with E-state index in [9.17, 15) is 0 Å². The molecule has 0 bridgehead atoms. The van der Waals surface area contributed by atoms with Crippen molar-refractivity contribution in [3.05, 3.63) is 289 Å². The van der Waals surface area contributed by atoms with Gasteiger partial charge in [-0.3, -0.25) is 0 Å². The summed E-state index contributed by atoms with van der Waals surface area (Å²) in [6, 6.07) is 98.1. The van der Waals surface area contributed by atoms with Gasteiger partial charge in [-0.15, -0.1) is 0 Å². The Morgan fingerprint density at radius 3 is 1.31 bits per heavy atom. The molecule has 0 saturated heterocycles. The molecule has 0 radical (unpaired) electrons. The van der Waals surface area contributed by atoms with Crippen molar-refractivity contribution in [3.63, 3.8) is 0 Å². The Morgan fingerprint density at radius 1 is 0.239 bits per heavy atom. The number of hydrogen-bond acceptors (Lipinski definition) is 2. The topological polar surface area (TPSA) is 6.48 Å². The number of anilines is 6. The molecule has 314 valence electrons. The molecule has 0 amide bonds. The molecule has 2 heteroatoms. The van der Waals surface area contributed by atoms with Gasteiger partial charge in [-0.05, 0) is 127 Å². The van der Waals surface area contributed by atoms with Crippen molar-refractivity contribution in [2.45, 2.75) is 5.41 Å². The monoisotopic (exact) mass is 852 g/mol. The van der Waals surface area contributed by atoms with Gasteiger partial charge >= 0.3 is 0 Å². The lowest BCUT2D eigenvalue weighted by atomic mass is 9.70. The highest BCUT2D eigenvalue weighted by Crippen LogP contribution is 2.64. The third kappa shape index (κ3) is 6.11. The van der Waals surface area contributed by atoms with Crippen LogP contribution in [0.5, 0.6) is 0 Å². The predicted octanol–water partition coefficient (Wildman–Crippen LogP) is 17.5. The van der Waals surface area contributed by atoms with Crippen LogP contribution >= 0.6 is 0 Å². The van der Waals surface area contributed by atoms with Crippen LogP contribution in [0.2, 0.25) is 0 Å². The first kappa shape index (κ1) is 38.7. The zero-order chi connectivity index (χ0) is 44.3. The maximum absolute atomic E-state index is 2.49. The van der Waals surface area contributed by atoms with Crippen molar-refractivity contribution in [3.8, 4) is 44.5 Å². The highest BCUT2D eigenvalue weighted by Gasteiger charge is 2.52. The van der Waals surface area contributed by atoms with Crippen molar-refractivity contribution in [1.82, 2.24) is 0 Å². The van der Waals surface area contributed by atoms with Crippen LogP contribution in [0.15, 0.2) is 267 Å². The molecule has 0 unspecified atom stereocenters. The summed E-state index contributed by atoms with van der Waals surface area (Å²) in [5.74, 6) is 0. The van der Waals surface area contributed by atoms with Crippen molar-refractivity contribution in [2.24, 2.45) is 0 Å². The minimum atomic E-state index is -0.464. The van der Waals surface area contributed by atoms with E-state index in [1.165, 1.54) is 77.5 Å². The number of benzene rings is 11. The molecule has 2 aliphatic carbocycles. The number of hydrogen-bond donors (Lipinski definition) is 0. The fourth-order valence-electron chi connectivity index (χ4n) is 11.2. The lowest BCUT2D eigenvalue weighted by molar-refractivity contribution is 0.794. The van der Waals surface area contributed by atoms with E-state index in [4.69, 9.17) is 0 Å². The lowest BCUT2D eigenvalue weighted by Crippen LogP contribution is -2.26. The van der Waals surface area contributed by atoms with Crippen LogP contribution in [-0.2, 0) is 5.41 Å². The van der Waals surface area contributed by atoms with Crippen LogP contribution in [-0.4, -0.2) is 0 Å². The van der Waals surface area contributed by atoms with E-state index in [1.807, 2.05) is 0 Å². The van der Waals surface area contributed by atoms with Crippen LogP contribution in [0.3, 0.4) is 0 Å². The molecule has 11 aromatic carbocycles. The average Bonchev–Trinajstić information content (AvgIpc) is 3.88. The molecule has 2 aliphatic rings. The van der Waals surface area contributed by atoms with Gasteiger partial charge in [0.1, 0.15) is 0 Å². The number of para-hydroxylation sites is 1. The molecule has 0 N–H and O–H groups in total. The highest BCUT2D eigenvalue weighted by atomic mass is 15.2. The van der Waals surface area contributed by atoms with Gasteiger partial charge in [0.15, 0.2) is 0 Å². The summed E-state index contributed by atoms with van der Waals surface area (Å²) < 4.78 is 0. The van der Waals surface area contributed by atoms with Gasteiger partial charge in [0.25, 0.3) is 0 Å². The van der Waals surface area contributed by atoms with Gasteiger partial charge < -0.3 is 9.80 Å². The largest absolute Gasteiger partial charge is 0.310 e. The van der Waals surface area contributed by atoms with Crippen molar-refractivity contribution < 1.29 is 0 Å². The van der Waals surface area contributed by atoms with Gasteiger partial charge in [-0.1, -0.05) is 206 Å². The minimum Gasteiger partial charge on any atom is -0.310 e. The fraction of sp³-hybridized carbons (Fsp3) is 0.0154. The van der Waals surface area contributed by atoms with E-state index in [1.54, 1.807) is 0 Å². The molecule has 0 fully saturated rings. The van der Waals surface area contributed by atoms with Crippen molar-refractivity contribution >= 4 is 44.9 Å². The minimum absolute atomic E-state index is 0.464. The summed E-state index contributed by atoms with van der Waals surface area (Å²) in [7, 11) is 0. The number of nitrogens with zero attached hydrogens (tertiary/aromatic N) is 2. The first-order valence-corrected chi connectivity index (χ1v) is 23.2. The Morgan fingerprint density at radius 2 is 0.672 bits per heavy atom. The van der Waals surface area contributed by atoms with Gasteiger partial charge in [-0.25, -0.2) is 0 Å². The highest BCUT2D eigenvalue weighted by molar-refractivity contribution is 6.02. The van der Waals surface area contributed by atoms with E-state index >= 15 is 0 Å². The molecule has 13 rings (SSSR count). The SMILES string of the molecule is c1ccc(-c2ccc(N(c3cccc(N(c4ccccc4)c4cc5ccccc5cc4-c4ccccc4)c3)c3cccc4c3-c3ccccc3C43c4ccccc4-c4ccccc43)cc2)cc1. The smallest absolute Gasteiger partial charge is 0.0726 e. The molecule has 0 atom stereocenters. The molecule has 0 heterocycles. The Labute approximate surface area is 391 Å². The molecule has 0 saturated carbocycles. The zero-order valence-corrected chi connectivity index (χ0v) is 36.8. The van der Waals surface area contributed by atoms with Crippen molar-refractivity contribution in [2.75, 3.05) is 9.80 Å². The predicted molar refractivity (Wildman–Crippen MR) is 280 cm³/mol. The molecule has 1 spiro atoms. The van der Waals surface area contributed by atoms with Crippen LogP contribution in [0.1, 0.15) is 22.3 Å². The van der Waals surface area contributed by atoms with E-state index in [0.29, 0.717) is 0 Å². The van der Waals surface area contributed by atoms with Crippen LogP contribution in [0, 0.1) is 0 Å². The third-order valence-corrected chi connectivity index (χ3v) is 14.0. The Bertz CT molecular complexity index is 3590. The molecule has 0 aromatic heterocycles. The lowest BCUT2D eigenvalue weighted by Gasteiger charge is -2.33. The molecular weight excluding hydrogens is 809 g/mol. The summed E-state index contributed by atoms with van der Waals surface area (Å²) in [4.78, 5) is 4.92. The quantitative estimate of drug-likeness (QED) is 0.150. The molecule has 11 aromatic rings. The maximum atomic E-state index is 2.49. The van der Waals surface area contributed by atoms with Gasteiger partial charge in [0, 0.05) is 33.9 Å². The van der Waals surface area contributed by atoms with E-state index < -0.39 is 5.41 Å². The summed E-state index contributed by atoms with van der Waals surface area (Å²) in [5, 5.41) is 2.40. The van der Waals surface area contributed by atoms with Gasteiger partial charge in [0.2, 0.25) is 0 Å². The Balaban J connectivity index is 1.06. The first-order valence-electron chi connectivity index (χ1n) is 23.2. The summed E-state index contributed by atoms with van der Waals surface area (Å²) in [6.45, 7) is 0. The second kappa shape index (κ2) is 15.8. The molecule has 2 nitrogen and oxygen atoms in total. The molecule has 0 aliphatic heterocycles. The average molecular weight is 853 g/mol. The Kier molecular flexibility index (Phi) is 9.11. The first-order chi connectivity index (χ1) is 33.3. The third-order valence-electron chi connectivity index (χ3n) is 14.0. The van der Waals surface area contributed by atoms with E-state index in [2.05, 4.69) is 277 Å². The molecular formula is C65H44N2. The van der Waals surface area contributed by atoms with E-state index in [0.717, 1.165) is 34.1 Å². The number of rotatable bonds is 8. The standard InChI is InChI=1S/C65H44N2/c1-4-20-45(21-5-1)46-38-40-51(41-39-46)66(62-37-19-36-61-64(62)56-32-14-17-35-60(56)65(61)58-33-15-12-30-54(58)55-31-13-16-34-59(55)65)52-28-18-29-53(44-52)67(50-26-8-3-9-27-50)63-43-49-25-11-10-24-48(49)42-57(63)47-22-6-2-7-23-47/h1-44H. The summed E-state index contributed by atoms with van der Waals surface area (Å²) in [5.41, 5.74) is 21.2. The maximum Gasteiger partial charge on any atom is 0.0726 e. The molecule has 67 heavy (non-hydrogen) atoms. The van der Waals surface area contributed by atoms with Gasteiger partial charge in [0.05, 0.1) is 16.8 Å². The summed E-state index contributed by atoms with van der Waals surface area (Å²) in [6.07, 6.45) is 0. The zero-order valence-electron chi connectivity index (χ0n) is 36.8. The van der Waals surface area contributed by atoms with Crippen LogP contribution in [0.4, 0.5) is 34.1 Å². The van der Waals surface area contributed by atoms with Crippen LogP contribution < -0.4 is 9.80 Å². The van der Waals surface area contributed by atoms with E-state index in [-0.39, 0.29) is 0 Å². The summed E-state index contributed by atoms with van der Waals surface area (Å²) >= 11 is 0. The van der Waals surface area contributed by atoms with Crippen molar-refractivity contribution in [1.29, 1.82) is 0 Å². The second-order valence-corrected chi connectivity index (χ2v) is 17.6. The number of fused-ring (bicyclic) bond motifs is 11. The Hall–Kier alpha value is -8.72.